The Morgan fingerprint density at radius 2 is 2.35 bits per heavy atom. The van der Waals surface area contributed by atoms with Crippen molar-refractivity contribution < 1.29 is 4.74 Å². The number of hydrogen-bond acceptors (Lipinski definition) is 3. The molecule has 1 atom stereocenters. The van der Waals surface area contributed by atoms with Gasteiger partial charge in [-0.25, -0.2) is 0 Å². The lowest BCUT2D eigenvalue weighted by atomic mass is 10.2. The summed E-state index contributed by atoms with van der Waals surface area (Å²) in [6.45, 7) is 4.79. The molecule has 2 rings (SSSR count). The van der Waals surface area contributed by atoms with Gasteiger partial charge in [0.2, 0.25) is 0 Å². The van der Waals surface area contributed by atoms with Crippen molar-refractivity contribution in [2.45, 2.75) is 32.4 Å². The molecule has 96 valence electrons. The number of aryl methyl sites for hydroxylation is 2. The van der Waals surface area contributed by atoms with Crippen molar-refractivity contribution in [3.8, 4) is 0 Å². The summed E-state index contributed by atoms with van der Waals surface area (Å²) >= 11 is 3.66. The van der Waals surface area contributed by atoms with Crippen LogP contribution in [0.2, 0.25) is 0 Å². The molecule has 0 amide bonds. The fourth-order valence-corrected chi connectivity index (χ4v) is 2.97. The van der Waals surface area contributed by atoms with Crippen LogP contribution >= 0.6 is 15.9 Å². The van der Waals surface area contributed by atoms with E-state index in [1.54, 1.807) is 0 Å². The number of nitrogens with zero attached hydrogens (tertiary/aromatic N) is 3. The van der Waals surface area contributed by atoms with Gasteiger partial charge in [-0.3, -0.25) is 9.58 Å². The van der Waals surface area contributed by atoms with Crippen LogP contribution < -0.4 is 0 Å². The molecule has 17 heavy (non-hydrogen) atoms. The molecule has 0 radical (unpaired) electrons. The Kier molecular flexibility index (Phi) is 4.22. The summed E-state index contributed by atoms with van der Waals surface area (Å²) in [7, 11) is 4.17. The molecule has 0 saturated carbocycles. The topological polar surface area (TPSA) is 30.3 Å². The van der Waals surface area contributed by atoms with Gasteiger partial charge in [-0.05, 0) is 35.8 Å². The van der Waals surface area contributed by atoms with E-state index in [1.165, 1.54) is 5.69 Å². The predicted molar refractivity (Wildman–Crippen MR) is 71.0 cm³/mol. The van der Waals surface area contributed by atoms with E-state index in [-0.39, 0.29) is 0 Å². The van der Waals surface area contributed by atoms with E-state index in [0.717, 1.165) is 42.8 Å². The second kappa shape index (κ2) is 5.50. The van der Waals surface area contributed by atoms with Gasteiger partial charge in [0.15, 0.2) is 0 Å². The van der Waals surface area contributed by atoms with E-state index >= 15 is 0 Å². The molecule has 0 aliphatic carbocycles. The largest absolute Gasteiger partial charge is 0.380 e. The van der Waals surface area contributed by atoms with Crippen LogP contribution in [0, 0.1) is 0 Å². The highest BCUT2D eigenvalue weighted by molar-refractivity contribution is 9.10. The van der Waals surface area contributed by atoms with Gasteiger partial charge in [-0.15, -0.1) is 0 Å². The summed E-state index contributed by atoms with van der Waals surface area (Å²) < 4.78 is 8.57. The Labute approximate surface area is 111 Å². The van der Waals surface area contributed by atoms with Gasteiger partial charge in [0.1, 0.15) is 0 Å². The summed E-state index contributed by atoms with van der Waals surface area (Å²) in [5.41, 5.74) is 2.38. The minimum atomic E-state index is 0.543. The molecule has 0 spiro atoms. The van der Waals surface area contributed by atoms with E-state index in [2.05, 4.69) is 39.9 Å². The maximum Gasteiger partial charge on any atom is 0.0767 e. The Morgan fingerprint density at radius 3 is 2.88 bits per heavy atom. The van der Waals surface area contributed by atoms with Crippen LogP contribution in [0.25, 0.3) is 0 Å². The quantitative estimate of drug-likeness (QED) is 0.852. The molecule has 1 aliphatic heterocycles. The maximum absolute atomic E-state index is 5.43. The summed E-state index contributed by atoms with van der Waals surface area (Å²) in [4.78, 5) is 2.36. The van der Waals surface area contributed by atoms with E-state index in [1.807, 2.05) is 11.7 Å². The van der Waals surface area contributed by atoms with Crippen molar-refractivity contribution in [3.63, 3.8) is 0 Å². The lowest BCUT2D eigenvalue weighted by Gasteiger charge is -2.22. The number of likely N-dealkylation sites (N-methyl/N-ethyl adjacent to an activating group) is 1. The zero-order valence-corrected chi connectivity index (χ0v) is 12.3. The van der Waals surface area contributed by atoms with Gasteiger partial charge in [0.25, 0.3) is 0 Å². The highest BCUT2D eigenvalue weighted by atomic mass is 79.9. The van der Waals surface area contributed by atoms with Gasteiger partial charge in [0.05, 0.1) is 22.5 Å². The number of rotatable bonds is 4. The fraction of sp³-hybridized carbons (Fsp3) is 0.750. The van der Waals surface area contributed by atoms with Crippen LogP contribution in [-0.4, -0.2) is 41.0 Å². The average molecular weight is 302 g/mol. The van der Waals surface area contributed by atoms with Crippen LogP contribution in [0.1, 0.15) is 24.7 Å². The lowest BCUT2D eigenvalue weighted by Crippen LogP contribution is -2.32. The SMILES string of the molecule is CCc1nn(C)c(CN(C)C2CCOC2)c1Br. The third-order valence-electron chi connectivity index (χ3n) is 3.43. The molecule has 1 fully saturated rings. The predicted octanol–water partition coefficient (Wildman–Crippen LogP) is 1.97. The smallest absolute Gasteiger partial charge is 0.0767 e. The zero-order valence-electron chi connectivity index (χ0n) is 10.7. The molecular formula is C12H20BrN3O. The van der Waals surface area contributed by atoms with E-state index in [0.29, 0.717) is 6.04 Å². The summed E-state index contributed by atoms with van der Waals surface area (Å²) in [5, 5.41) is 4.52. The van der Waals surface area contributed by atoms with Crippen molar-refractivity contribution in [1.29, 1.82) is 0 Å². The monoisotopic (exact) mass is 301 g/mol. The first-order valence-corrected chi connectivity index (χ1v) is 6.91. The molecule has 5 heteroatoms. The van der Waals surface area contributed by atoms with E-state index in [9.17, 15) is 0 Å². The molecule has 1 aliphatic rings. The average Bonchev–Trinajstić information content (AvgIpc) is 2.92. The first-order valence-electron chi connectivity index (χ1n) is 6.11. The number of aromatic nitrogens is 2. The standard InChI is InChI=1S/C12H20BrN3O/c1-4-10-12(13)11(16(3)14-10)7-15(2)9-5-6-17-8-9/h9H,4-8H2,1-3H3. The molecule has 1 saturated heterocycles. The lowest BCUT2D eigenvalue weighted by molar-refractivity contribution is 0.155. The zero-order chi connectivity index (χ0) is 12.4. The van der Waals surface area contributed by atoms with Crippen molar-refractivity contribution in [3.05, 3.63) is 15.9 Å². The molecule has 0 N–H and O–H groups in total. The molecule has 2 heterocycles. The number of hydrogen-bond donors (Lipinski definition) is 0. The third kappa shape index (κ3) is 2.72. The van der Waals surface area contributed by atoms with Gasteiger partial charge < -0.3 is 4.74 Å². The highest BCUT2D eigenvalue weighted by Crippen LogP contribution is 2.24. The second-order valence-corrected chi connectivity index (χ2v) is 5.41. The summed E-state index contributed by atoms with van der Waals surface area (Å²) in [5.74, 6) is 0. The number of ether oxygens (including phenoxy) is 1. The summed E-state index contributed by atoms with van der Waals surface area (Å²) in [6, 6.07) is 0.543. The van der Waals surface area contributed by atoms with E-state index in [4.69, 9.17) is 4.74 Å². The van der Waals surface area contributed by atoms with Crippen LogP contribution in [-0.2, 0) is 24.8 Å². The van der Waals surface area contributed by atoms with Gasteiger partial charge in [0, 0.05) is 26.2 Å². The maximum atomic E-state index is 5.43. The van der Waals surface area contributed by atoms with Crippen molar-refractivity contribution in [2.75, 3.05) is 20.3 Å². The highest BCUT2D eigenvalue weighted by Gasteiger charge is 2.22. The van der Waals surface area contributed by atoms with Crippen LogP contribution in [0.4, 0.5) is 0 Å². The van der Waals surface area contributed by atoms with Crippen LogP contribution in [0.5, 0.6) is 0 Å². The molecular weight excluding hydrogens is 282 g/mol. The summed E-state index contributed by atoms with van der Waals surface area (Å²) in [6.07, 6.45) is 2.09. The first-order chi connectivity index (χ1) is 8.13. The van der Waals surface area contributed by atoms with Crippen LogP contribution in [0.15, 0.2) is 4.47 Å². The Bertz CT molecular complexity index is 385. The molecule has 1 unspecified atom stereocenters. The third-order valence-corrected chi connectivity index (χ3v) is 4.35. The molecule has 4 nitrogen and oxygen atoms in total. The van der Waals surface area contributed by atoms with Gasteiger partial charge in [-0.2, -0.15) is 5.10 Å². The van der Waals surface area contributed by atoms with Crippen molar-refractivity contribution in [1.82, 2.24) is 14.7 Å². The van der Waals surface area contributed by atoms with Crippen molar-refractivity contribution >= 4 is 15.9 Å². The van der Waals surface area contributed by atoms with Gasteiger partial charge in [-0.1, -0.05) is 6.92 Å². The second-order valence-electron chi connectivity index (χ2n) is 4.62. The first kappa shape index (κ1) is 13.1. The minimum absolute atomic E-state index is 0.543. The molecule has 0 aromatic carbocycles. The molecule has 1 aromatic rings. The normalized spacial score (nSPS) is 20.4. The number of halogens is 1. The Morgan fingerprint density at radius 1 is 1.59 bits per heavy atom. The Balaban J connectivity index is 2.09. The Hall–Kier alpha value is -0.390. The van der Waals surface area contributed by atoms with Crippen LogP contribution in [0.3, 0.4) is 0 Å². The van der Waals surface area contributed by atoms with Crippen molar-refractivity contribution in [2.24, 2.45) is 7.05 Å². The van der Waals surface area contributed by atoms with E-state index < -0.39 is 0 Å². The fourth-order valence-electron chi connectivity index (χ4n) is 2.23. The van der Waals surface area contributed by atoms with Gasteiger partial charge >= 0.3 is 0 Å². The molecule has 0 bridgehead atoms. The molecule has 1 aromatic heterocycles. The minimum Gasteiger partial charge on any atom is -0.380 e.